The fourth-order valence-electron chi connectivity index (χ4n) is 2.57. The van der Waals surface area contributed by atoms with Crippen molar-refractivity contribution in [3.05, 3.63) is 83.1 Å². The van der Waals surface area contributed by atoms with Crippen molar-refractivity contribution in [2.24, 2.45) is 0 Å². The number of rotatable bonds is 3. The van der Waals surface area contributed by atoms with Gasteiger partial charge >= 0.3 is 0 Å². The highest BCUT2D eigenvalue weighted by atomic mass is 79.9. The lowest BCUT2D eigenvalue weighted by Gasteiger charge is -2.11. The van der Waals surface area contributed by atoms with Crippen molar-refractivity contribution < 1.29 is 4.39 Å². The van der Waals surface area contributed by atoms with Crippen LogP contribution >= 0.6 is 15.9 Å². The lowest BCUT2D eigenvalue weighted by molar-refractivity contribution is 0.628. The van der Waals surface area contributed by atoms with Crippen LogP contribution in [-0.4, -0.2) is 9.97 Å². The first kappa shape index (κ1) is 15.7. The minimum absolute atomic E-state index is 0.280. The molecule has 0 bridgehead atoms. The number of benzene rings is 3. The van der Waals surface area contributed by atoms with Gasteiger partial charge in [0.15, 0.2) is 5.82 Å². The number of hydrogen-bond acceptors (Lipinski definition) is 3. The fraction of sp³-hybridized carbons (Fsp3) is 0. The van der Waals surface area contributed by atoms with Crippen LogP contribution in [0.4, 0.5) is 15.9 Å². The van der Waals surface area contributed by atoms with Crippen LogP contribution in [0.25, 0.3) is 22.3 Å². The van der Waals surface area contributed by atoms with E-state index in [0.29, 0.717) is 11.6 Å². The molecule has 0 aliphatic rings. The van der Waals surface area contributed by atoms with E-state index >= 15 is 0 Å². The minimum atomic E-state index is -0.280. The summed E-state index contributed by atoms with van der Waals surface area (Å²) in [6.07, 6.45) is 0. The van der Waals surface area contributed by atoms with E-state index in [9.17, 15) is 4.39 Å². The highest BCUT2D eigenvalue weighted by Crippen LogP contribution is 2.27. The van der Waals surface area contributed by atoms with Gasteiger partial charge < -0.3 is 5.32 Å². The molecule has 0 amide bonds. The van der Waals surface area contributed by atoms with Gasteiger partial charge in [0, 0.05) is 21.1 Å². The highest BCUT2D eigenvalue weighted by molar-refractivity contribution is 9.10. The molecule has 3 aromatic carbocycles. The third kappa shape index (κ3) is 3.37. The number of nitrogens with one attached hydrogen (secondary N) is 1. The number of hydrogen-bond donors (Lipinski definition) is 1. The molecule has 5 heteroatoms. The molecule has 3 nitrogen and oxygen atoms in total. The largest absolute Gasteiger partial charge is 0.340 e. The second-order valence-electron chi connectivity index (χ2n) is 5.55. The van der Waals surface area contributed by atoms with E-state index in [1.54, 1.807) is 12.1 Å². The molecule has 25 heavy (non-hydrogen) atoms. The van der Waals surface area contributed by atoms with Gasteiger partial charge in [-0.25, -0.2) is 14.4 Å². The summed E-state index contributed by atoms with van der Waals surface area (Å²) in [7, 11) is 0. The van der Waals surface area contributed by atoms with E-state index in [4.69, 9.17) is 0 Å². The van der Waals surface area contributed by atoms with Crippen LogP contribution in [0.5, 0.6) is 0 Å². The van der Waals surface area contributed by atoms with Crippen molar-refractivity contribution in [1.82, 2.24) is 9.97 Å². The van der Waals surface area contributed by atoms with Gasteiger partial charge in [0.05, 0.1) is 5.52 Å². The maximum absolute atomic E-state index is 13.2. The number of fused-ring (bicyclic) bond motifs is 1. The van der Waals surface area contributed by atoms with Crippen molar-refractivity contribution in [1.29, 1.82) is 0 Å². The van der Waals surface area contributed by atoms with E-state index in [-0.39, 0.29) is 5.82 Å². The van der Waals surface area contributed by atoms with Gasteiger partial charge in [-0.3, -0.25) is 0 Å². The van der Waals surface area contributed by atoms with Gasteiger partial charge in [0.1, 0.15) is 11.6 Å². The van der Waals surface area contributed by atoms with Crippen molar-refractivity contribution in [3.63, 3.8) is 0 Å². The standard InChI is InChI=1S/C20H13BrFN3/c21-14-7-11-16(12-8-14)23-20-17-3-1-2-4-18(17)24-19(25-20)13-5-9-15(22)10-6-13/h1-12H,(H,23,24,25). The van der Waals surface area contributed by atoms with Crippen LogP contribution in [-0.2, 0) is 0 Å². The third-order valence-electron chi connectivity index (χ3n) is 3.81. The Bertz CT molecular complexity index is 1030. The first-order valence-electron chi connectivity index (χ1n) is 7.74. The molecule has 0 radical (unpaired) electrons. The summed E-state index contributed by atoms with van der Waals surface area (Å²) in [6, 6.07) is 21.9. The van der Waals surface area contributed by atoms with Gasteiger partial charge in [-0.15, -0.1) is 0 Å². The molecular formula is C20H13BrFN3. The molecule has 4 aromatic rings. The van der Waals surface area contributed by atoms with Crippen LogP contribution < -0.4 is 5.32 Å². The Morgan fingerprint density at radius 2 is 1.52 bits per heavy atom. The topological polar surface area (TPSA) is 37.8 Å². The van der Waals surface area contributed by atoms with Gasteiger partial charge in [0.25, 0.3) is 0 Å². The second kappa shape index (κ2) is 6.61. The minimum Gasteiger partial charge on any atom is -0.340 e. The second-order valence-corrected chi connectivity index (χ2v) is 6.47. The molecule has 0 aliphatic carbocycles. The summed E-state index contributed by atoms with van der Waals surface area (Å²) in [5.41, 5.74) is 2.53. The quantitative estimate of drug-likeness (QED) is 0.467. The van der Waals surface area contributed by atoms with Gasteiger partial charge in [-0.2, -0.15) is 0 Å². The van der Waals surface area contributed by atoms with Crippen LogP contribution in [0.15, 0.2) is 77.3 Å². The lowest BCUT2D eigenvalue weighted by Crippen LogP contribution is -1.99. The molecule has 4 rings (SSSR count). The van der Waals surface area contributed by atoms with Crippen molar-refractivity contribution in [2.45, 2.75) is 0 Å². The molecule has 1 heterocycles. The summed E-state index contributed by atoms with van der Waals surface area (Å²) >= 11 is 3.43. The van der Waals surface area contributed by atoms with Crippen LogP contribution in [0.1, 0.15) is 0 Å². The van der Waals surface area contributed by atoms with E-state index in [0.717, 1.165) is 26.6 Å². The van der Waals surface area contributed by atoms with Crippen molar-refractivity contribution in [3.8, 4) is 11.4 Å². The van der Waals surface area contributed by atoms with Crippen LogP contribution in [0.3, 0.4) is 0 Å². The Kier molecular flexibility index (Phi) is 4.15. The molecule has 1 N–H and O–H groups in total. The molecule has 0 saturated heterocycles. The zero-order chi connectivity index (χ0) is 17.2. The first-order chi connectivity index (χ1) is 12.2. The SMILES string of the molecule is Fc1ccc(-c2nc(Nc3ccc(Br)cc3)c3ccccc3n2)cc1. The molecular weight excluding hydrogens is 381 g/mol. The Labute approximate surface area is 152 Å². The normalized spacial score (nSPS) is 10.8. The monoisotopic (exact) mass is 393 g/mol. The molecule has 0 aliphatic heterocycles. The predicted octanol–water partition coefficient (Wildman–Crippen LogP) is 5.94. The van der Waals surface area contributed by atoms with Crippen LogP contribution in [0, 0.1) is 5.82 Å². The van der Waals surface area contributed by atoms with E-state index < -0.39 is 0 Å². The van der Waals surface area contributed by atoms with E-state index in [1.807, 2.05) is 48.5 Å². The maximum Gasteiger partial charge on any atom is 0.162 e. The molecule has 0 unspecified atom stereocenters. The Morgan fingerprint density at radius 1 is 0.800 bits per heavy atom. The molecule has 0 saturated carbocycles. The number of nitrogens with zero attached hydrogens (tertiary/aromatic N) is 2. The summed E-state index contributed by atoms with van der Waals surface area (Å²) in [6.45, 7) is 0. The Balaban J connectivity index is 1.83. The number of anilines is 2. The average Bonchev–Trinajstić information content (AvgIpc) is 2.64. The number of para-hydroxylation sites is 1. The zero-order valence-corrected chi connectivity index (χ0v) is 14.7. The van der Waals surface area contributed by atoms with E-state index in [2.05, 4.69) is 31.2 Å². The Hall–Kier alpha value is -2.79. The van der Waals surface area contributed by atoms with Gasteiger partial charge in [-0.1, -0.05) is 28.1 Å². The molecule has 122 valence electrons. The van der Waals surface area contributed by atoms with Crippen molar-refractivity contribution in [2.75, 3.05) is 5.32 Å². The third-order valence-corrected chi connectivity index (χ3v) is 4.34. The summed E-state index contributed by atoms with van der Waals surface area (Å²) in [4.78, 5) is 9.27. The molecule has 0 atom stereocenters. The summed E-state index contributed by atoms with van der Waals surface area (Å²) in [5.74, 6) is 0.989. The number of aromatic nitrogens is 2. The Morgan fingerprint density at radius 3 is 2.28 bits per heavy atom. The molecule has 0 fully saturated rings. The highest BCUT2D eigenvalue weighted by Gasteiger charge is 2.10. The summed E-state index contributed by atoms with van der Waals surface area (Å²) in [5, 5.41) is 4.28. The van der Waals surface area contributed by atoms with Gasteiger partial charge in [0.2, 0.25) is 0 Å². The van der Waals surface area contributed by atoms with Crippen molar-refractivity contribution >= 4 is 38.3 Å². The van der Waals surface area contributed by atoms with Crippen LogP contribution in [0.2, 0.25) is 0 Å². The molecule has 1 aromatic heterocycles. The fourth-order valence-corrected chi connectivity index (χ4v) is 2.83. The number of halogens is 2. The maximum atomic E-state index is 13.2. The average molecular weight is 394 g/mol. The zero-order valence-electron chi connectivity index (χ0n) is 13.1. The lowest BCUT2D eigenvalue weighted by atomic mass is 10.1. The smallest absolute Gasteiger partial charge is 0.162 e. The summed E-state index contributed by atoms with van der Waals surface area (Å²) < 4.78 is 14.2. The first-order valence-corrected chi connectivity index (χ1v) is 8.54. The molecule has 0 spiro atoms. The van der Waals surface area contributed by atoms with Gasteiger partial charge in [-0.05, 0) is 60.7 Å². The van der Waals surface area contributed by atoms with E-state index in [1.165, 1.54) is 12.1 Å². The predicted molar refractivity (Wildman–Crippen MR) is 102 cm³/mol.